The zero-order valence-electron chi connectivity index (χ0n) is 15.1. The van der Waals surface area contributed by atoms with Crippen LogP contribution < -0.4 is 10.6 Å². The smallest absolute Gasteiger partial charge is 0.371 e. The molecule has 1 aliphatic rings. The van der Waals surface area contributed by atoms with Crippen LogP contribution in [-0.4, -0.2) is 19.3 Å². The Morgan fingerprint density at radius 1 is 1.29 bits per heavy atom. The third-order valence-electron chi connectivity index (χ3n) is 5.09. The third kappa shape index (κ3) is 4.24. The number of alkyl halides is 3. The summed E-state index contributed by atoms with van der Waals surface area (Å²) in [6, 6.07) is 4.27. The van der Waals surface area contributed by atoms with Crippen LogP contribution in [0.15, 0.2) is 12.1 Å². The van der Waals surface area contributed by atoms with Crippen molar-refractivity contribution in [2.75, 3.05) is 18.0 Å². The highest BCUT2D eigenvalue weighted by atomic mass is 19.4. The summed E-state index contributed by atoms with van der Waals surface area (Å²) in [6.45, 7) is 9.73. The largest absolute Gasteiger partial charge is 0.389 e. The van der Waals surface area contributed by atoms with Gasteiger partial charge in [-0.25, -0.2) is 0 Å². The number of hydrogen-bond donors (Lipinski definition) is 1. The number of rotatable bonds is 5. The van der Waals surface area contributed by atoms with Crippen molar-refractivity contribution in [1.82, 2.24) is 0 Å². The second-order valence-corrected chi connectivity index (χ2v) is 7.55. The van der Waals surface area contributed by atoms with Crippen LogP contribution in [0.1, 0.15) is 69.7 Å². The van der Waals surface area contributed by atoms with Gasteiger partial charge in [-0.15, -0.1) is 0 Å². The number of hydrogen-bond acceptors (Lipinski definition) is 2. The molecule has 0 spiro atoms. The Morgan fingerprint density at radius 3 is 2.50 bits per heavy atom. The van der Waals surface area contributed by atoms with Crippen molar-refractivity contribution < 1.29 is 13.2 Å². The average molecular weight is 342 g/mol. The number of aryl methyl sites for hydroxylation is 1. The summed E-state index contributed by atoms with van der Waals surface area (Å²) in [7, 11) is 0. The predicted molar refractivity (Wildman–Crippen MR) is 93.6 cm³/mol. The molecule has 0 amide bonds. The normalized spacial score (nSPS) is 18.4. The number of nitrogens with zero attached hydrogens (tertiary/aromatic N) is 1. The molecule has 136 valence electrons. The molecule has 0 radical (unpaired) electrons. The first kappa shape index (κ1) is 19.1. The van der Waals surface area contributed by atoms with E-state index in [1.165, 1.54) is 11.1 Å². The molecule has 1 atom stereocenters. The second kappa shape index (κ2) is 6.95. The lowest BCUT2D eigenvalue weighted by Gasteiger charge is -2.41. The van der Waals surface area contributed by atoms with Gasteiger partial charge in [-0.3, -0.25) is 0 Å². The van der Waals surface area contributed by atoms with Crippen molar-refractivity contribution in [3.63, 3.8) is 0 Å². The first-order valence-corrected chi connectivity index (χ1v) is 8.79. The molecule has 0 bridgehead atoms. The molecule has 0 aliphatic carbocycles. The highest BCUT2D eigenvalue weighted by Crippen LogP contribution is 2.42. The summed E-state index contributed by atoms with van der Waals surface area (Å²) in [5.41, 5.74) is 10.8. The van der Waals surface area contributed by atoms with Crippen LogP contribution in [0.5, 0.6) is 0 Å². The molecule has 0 fully saturated rings. The molecular formula is C19H29F3N2. The maximum Gasteiger partial charge on any atom is 0.389 e. The number of nitrogens with two attached hydrogens (primary N) is 1. The molecule has 1 aromatic rings. The minimum Gasteiger partial charge on any atom is -0.371 e. The van der Waals surface area contributed by atoms with Crippen molar-refractivity contribution in [3.05, 3.63) is 28.8 Å². The van der Waals surface area contributed by atoms with Crippen molar-refractivity contribution in [2.45, 2.75) is 71.0 Å². The van der Waals surface area contributed by atoms with E-state index in [1.807, 2.05) is 6.92 Å². The van der Waals surface area contributed by atoms with E-state index in [4.69, 9.17) is 5.73 Å². The fourth-order valence-electron chi connectivity index (χ4n) is 3.56. The minimum atomic E-state index is -4.08. The fraction of sp³-hybridized carbons (Fsp3) is 0.684. The highest BCUT2D eigenvalue weighted by molar-refractivity contribution is 5.62. The van der Waals surface area contributed by atoms with Crippen LogP contribution in [0.2, 0.25) is 0 Å². The number of anilines is 1. The molecule has 24 heavy (non-hydrogen) atoms. The van der Waals surface area contributed by atoms with Crippen molar-refractivity contribution in [1.29, 1.82) is 0 Å². The third-order valence-corrected chi connectivity index (χ3v) is 5.09. The van der Waals surface area contributed by atoms with E-state index in [-0.39, 0.29) is 17.9 Å². The van der Waals surface area contributed by atoms with Gasteiger partial charge in [-0.2, -0.15) is 13.2 Å². The molecule has 1 heterocycles. The lowest BCUT2D eigenvalue weighted by atomic mass is 9.75. The Kier molecular flexibility index (Phi) is 5.53. The molecule has 2 rings (SSSR count). The molecule has 2 N–H and O–H groups in total. The van der Waals surface area contributed by atoms with E-state index >= 15 is 0 Å². The first-order chi connectivity index (χ1) is 11.0. The molecule has 1 aromatic carbocycles. The monoisotopic (exact) mass is 342 g/mol. The number of fused-ring (bicyclic) bond motifs is 1. The summed E-state index contributed by atoms with van der Waals surface area (Å²) >= 11 is 0. The van der Waals surface area contributed by atoms with Gasteiger partial charge < -0.3 is 10.6 Å². The van der Waals surface area contributed by atoms with E-state index in [2.05, 4.69) is 37.8 Å². The van der Waals surface area contributed by atoms with Gasteiger partial charge in [0.05, 0.1) is 0 Å². The quantitative estimate of drug-likeness (QED) is 0.807. The van der Waals surface area contributed by atoms with Crippen molar-refractivity contribution in [2.24, 2.45) is 5.73 Å². The van der Waals surface area contributed by atoms with Crippen LogP contribution in [0.3, 0.4) is 0 Å². The van der Waals surface area contributed by atoms with E-state index in [9.17, 15) is 13.2 Å². The SMILES string of the molecule is CCc1cc2c(cc1C(C)N)N(CCCC(F)(F)F)CCC2(C)C. The van der Waals surface area contributed by atoms with Crippen LogP contribution in [0.25, 0.3) is 0 Å². The van der Waals surface area contributed by atoms with Gasteiger partial charge in [0, 0.05) is 31.2 Å². The van der Waals surface area contributed by atoms with E-state index in [1.54, 1.807) is 0 Å². The van der Waals surface area contributed by atoms with Gasteiger partial charge >= 0.3 is 6.18 Å². The lowest BCUT2D eigenvalue weighted by molar-refractivity contribution is -0.135. The molecule has 0 aromatic heterocycles. The second-order valence-electron chi connectivity index (χ2n) is 7.55. The number of benzene rings is 1. The Bertz CT molecular complexity index is 577. The van der Waals surface area contributed by atoms with Crippen molar-refractivity contribution in [3.8, 4) is 0 Å². The maximum absolute atomic E-state index is 12.5. The van der Waals surface area contributed by atoms with E-state index in [0.29, 0.717) is 6.54 Å². The van der Waals surface area contributed by atoms with Gasteiger partial charge in [-0.05, 0) is 54.4 Å². The van der Waals surface area contributed by atoms with Crippen LogP contribution in [-0.2, 0) is 11.8 Å². The van der Waals surface area contributed by atoms with Crippen molar-refractivity contribution >= 4 is 5.69 Å². The zero-order chi connectivity index (χ0) is 18.1. The van der Waals surface area contributed by atoms with Gasteiger partial charge in [0.25, 0.3) is 0 Å². The van der Waals surface area contributed by atoms with Gasteiger partial charge in [0.15, 0.2) is 0 Å². The molecule has 5 heteroatoms. The van der Waals surface area contributed by atoms with Gasteiger partial charge in [0.1, 0.15) is 0 Å². The summed E-state index contributed by atoms with van der Waals surface area (Å²) < 4.78 is 37.4. The Morgan fingerprint density at radius 2 is 1.96 bits per heavy atom. The Hall–Kier alpha value is -1.23. The summed E-state index contributed by atoms with van der Waals surface area (Å²) in [6.07, 6.45) is -2.82. The fourth-order valence-corrected chi connectivity index (χ4v) is 3.56. The summed E-state index contributed by atoms with van der Waals surface area (Å²) in [5, 5.41) is 0. The standard InChI is InChI=1S/C19H29F3N2/c1-5-14-11-16-17(12-15(14)13(2)23)24(10-8-18(16,3)4)9-6-7-19(20,21)22/h11-13H,5-10,23H2,1-4H3. The molecular weight excluding hydrogens is 313 g/mol. The van der Waals surface area contributed by atoms with E-state index in [0.717, 1.165) is 30.6 Å². The van der Waals surface area contributed by atoms with Crippen LogP contribution >= 0.6 is 0 Å². The summed E-state index contributed by atoms with van der Waals surface area (Å²) in [5.74, 6) is 0. The van der Waals surface area contributed by atoms with Gasteiger partial charge in [-0.1, -0.05) is 26.8 Å². The highest BCUT2D eigenvalue weighted by Gasteiger charge is 2.33. The molecule has 2 nitrogen and oxygen atoms in total. The summed E-state index contributed by atoms with van der Waals surface area (Å²) in [4.78, 5) is 2.11. The zero-order valence-corrected chi connectivity index (χ0v) is 15.1. The predicted octanol–water partition coefficient (Wildman–Crippen LogP) is 5.10. The number of halogens is 3. The average Bonchev–Trinajstić information content (AvgIpc) is 2.47. The first-order valence-electron chi connectivity index (χ1n) is 8.79. The Balaban J connectivity index is 2.35. The molecule has 0 saturated carbocycles. The molecule has 1 aliphatic heterocycles. The molecule has 0 saturated heterocycles. The minimum absolute atomic E-state index is 0.0378. The van der Waals surface area contributed by atoms with E-state index < -0.39 is 12.6 Å². The molecule has 1 unspecified atom stereocenters. The topological polar surface area (TPSA) is 29.3 Å². The van der Waals surface area contributed by atoms with Gasteiger partial charge in [0.2, 0.25) is 0 Å². The maximum atomic E-state index is 12.5. The lowest BCUT2D eigenvalue weighted by Crippen LogP contribution is -2.38. The van der Waals surface area contributed by atoms with Crippen LogP contribution in [0.4, 0.5) is 18.9 Å². The van der Waals surface area contributed by atoms with Crippen LogP contribution in [0, 0.1) is 0 Å². The Labute approximate surface area is 143 Å².